The van der Waals surface area contributed by atoms with Crippen molar-refractivity contribution in [2.45, 2.75) is 13.0 Å². The molecule has 1 aromatic carbocycles. The van der Waals surface area contributed by atoms with Crippen molar-refractivity contribution in [3.63, 3.8) is 0 Å². The van der Waals surface area contributed by atoms with Crippen LogP contribution in [0.25, 0.3) is 0 Å². The van der Waals surface area contributed by atoms with Crippen LogP contribution in [-0.2, 0) is 0 Å². The van der Waals surface area contributed by atoms with Gasteiger partial charge in [0.15, 0.2) is 0 Å². The molecule has 104 valence electrons. The minimum atomic E-state index is -0.166. The molecule has 0 saturated heterocycles. The highest BCUT2D eigenvalue weighted by molar-refractivity contribution is 9.10. The molecule has 0 aliphatic carbocycles. The first-order valence-electron chi connectivity index (χ1n) is 6.17. The number of nitrogens with one attached hydrogen (secondary N) is 1. The first-order chi connectivity index (χ1) is 9.61. The zero-order valence-corrected chi connectivity index (χ0v) is 12.8. The van der Waals surface area contributed by atoms with E-state index in [2.05, 4.69) is 26.2 Å². The smallest absolute Gasteiger partial charge is 0.254 e. The van der Waals surface area contributed by atoms with E-state index in [1.165, 1.54) is 0 Å². The third-order valence-electron chi connectivity index (χ3n) is 2.95. The third-order valence-corrected chi connectivity index (χ3v) is 3.58. The van der Waals surface area contributed by atoms with Gasteiger partial charge in [0.1, 0.15) is 10.4 Å². The van der Waals surface area contributed by atoms with Gasteiger partial charge < -0.3 is 10.1 Å². The molecular weight excluding hydrogens is 320 g/mol. The molecule has 2 aromatic rings. The number of pyridine rings is 1. The number of amides is 1. The fourth-order valence-electron chi connectivity index (χ4n) is 1.82. The number of aromatic nitrogens is 1. The minimum absolute atomic E-state index is 0.121. The Morgan fingerprint density at radius 2 is 2.15 bits per heavy atom. The lowest BCUT2D eigenvalue weighted by Gasteiger charge is -2.15. The summed E-state index contributed by atoms with van der Waals surface area (Å²) in [7, 11) is 1.62. The summed E-state index contributed by atoms with van der Waals surface area (Å²) >= 11 is 3.27. The molecule has 0 spiro atoms. The van der Waals surface area contributed by atoms with Crippen molar-refractivity contribution in [3.05, 3.63) is 58.3 Å². The molecule has 0 radical (unpaired) electrons. The van der Waals surface area contributed by atoms with Crippen LogP contribution in [0.3, 0.4) is 0 Å². The number of ether oxygens (including phenoxy) is 1. The molecule has 0 saturated carbocycles. The van der Waals surface area contributed by atoms with E-state index >= 15 is 0 Å². The Bertz CT molecular complexity index is 616. The predicted molar refractivity (Wildman–Crippen MR) is 80.8 cm³/mol. The topological polar surface area (TPSA) is 51.2 Å². The second-order valence-corrected chi connectivity index (χ2v) is 5.06. The number of benzene rings is 1. The third kappa shape index (κ3) is 3.36. The monoisotopic (exact) mass is 334 g/mol. The van der Waals surface area contributed by atoms with Crippen LogP contribution in [-0.4, -0.2) is 18.0 Å². The SMILES string of the molecule is COc1cccc(C(C)NC(=O)c2cccnc2Br)c1. The fourth-order valence-corrected chi connectivity index (χ4v) is 2.25. The molecule has 20 heavy (non-hydrogen) atoms. The number of hydrogen-bond donors (Lipinski definition) is 1. The van der Waals surface area contributed by atoms with Crippen LogP contribution in [0.5, 0.6) is 5.75 Å². The molecule has 1 aromatic heterocycles. The maximum absolute atomic E-state index is 12.2. The van der Waals surface area contributed by atoms with Crippen LogP contribution in [0.2, 0.25) is 0 Å². The van der Waals surface area contributed by atoms with Crippen LogP contribution in [0.1, 0.15) is 28.9 Å². The average Bonchev–Trinajstić information content (AvgIpc) is 2.47. The van der Waals surface area contributed by atoms with E-state index in [4.69, 9.17) is 4.74 Å². The zero-order chi connectivity index (χ0) is 14.5. The molecule has 0 aliphatic heterocycles. The van der Waals surface area contributed by atoms with Crippen molar-refractivity contribution in [2.24, 2.45) is 0 Å². The van der Waals surface area contributed by atoms with E-state index in [0.29, 0.717) is 10.2 Å². The number of halogens is 1. The molecule has 1 unspecified atom stereocenters. The Hall–Kier alpha value is -1.88. The molecular formula is C15H15BrN2O2. The molecule has 2 rings (SSSR count). The van der Waals surface area contributed by atoms with E-state index < -0.39 is 0 Å². The van der Waals surface area contributed by atoms with Gasteiger partial charge in [-0.3, -0.25) is 4.79 Å². The van der Waals surface area contributed by atoms with Crippen molar-refractivity contribution in [1.82, 2.24) is 10.3 Å². The number of rotatable bonds is 4. The van der Waals surface area contributed by atoms with E-state index in [-0.39, 0.29) is 11.9 Å². The van der Waals surface area contributed by atoms with Crippen molar-refractivity contribution < 1.29 is 9.53 Å². The molecule has 0 bridgehead atoms. The average molecular weight is 335 g/mol. The summed E-state index contributed by atoms with van der Waals surface area (Å²) in [6.07, 6.45) is 1.63. The summed E-state index contributed by atoms with van der Waals surface area (Å²) in [4.78, 5) is 16.2. The lowest BCUT2D eigenvalue weighted by Crippen LogP contribution is -2.27. The van der Waals surface area contributed by atoms with Crippen LogP contribution < -0.4 is 10.1 Å². The largest absolute Gasteiger partial charge is 0.497 e. The van der Waals surface area contributed by atoms with Crippen molar-refractivity contribution >= 4 is 21.8 Å². The van der Waals surface area contributed by atoms with Gasteiger partial charge in [-0.15, -0.1) is 0 Å². The first-order valence-corrected chi connectivity index (χ1v) is 6.96. The number of nitrogens with zero attached hydrogens (tertiary/aromatic N) is 1. The Kier molecular flexibility index (Phi) is 4.74. The van der Waals surface area contributed by atoms with Crippen LogP contribution in [0.15, 0.2) is 47.2 Å². The summed E-state index contributed by atoms with van der Waals surface area (Å²) < 4.78 is 5.72. The zero-order valence-electron chi connectivity index (χ0n) is 11.3. The summed E-state index contributed by atoms with van der Waals surface area (Å²) in [5.74, 6) is 0.603. The number of carbonyl (C=O) groups is 1. The van der Waals surface area contributed by atoms with Gasteiger partial charge in [-0.05, 0) is 52.7 Å². The highest BCUT2D eigenvalue weighted by atomic mass is 79.9. The van der Waals surface area contributed by atoms with Gasteiger partial charge in [0.05, 0.1) is 18.7 Å². The maximum Gasteiger partial charge on any atom is 0.254 e. The van der Waals surface area contributed by atoms with Gasteiger partial charge in [-0.1, -0.05) is 12.1 Å². The highest BCUT2D eigenvalue weighted by Crippen LogP contribution is 2.20. The van der Waals surface area contributed by atoms with Gasteiger partial charge in [0.2, 0.25) is 0 Å². The first kappa shape index (κ1) is 14.5. The lowest BCUT2D eigenvalue weighted by atomic mass is 10.1. The fraction of sp³-hybridized carbons (Fsp3) is 0.200. The van der Waals surface area contributed by atoms with E-state index in [0.717, 1.165) is 11.3 Å². The van der Waals surface area contributed by atoms with Crippen LogP contribution in [0.4, 0.5) is 0 Å². The quantitative estimate of drug-likeness (QED) is 0.872. The van der Waals surface area contributed by atoms with Gasteiger partial charge >= 0.3 is 0 Å². The van der Waals surface area contributed by atoms with Gasteiger partial charge in [-0.25, -0.2) is 4.98 Å². The molecule has 4 nitrogen and oxygen atoms in total. The molecule has 1 amide bonds. The molecule has 5 heteroatoms. The summed E-state index contributed by atoms with van der Waals surface area (Å²) in [6, 6.07) is 11.0. The Morgan fingerprint density at radius 1 is 1.35 bits per heavy atom. The number of carbonyl (C=O) groups excluding carboxylic acids is 1. The van der Waals surface area contributed by atoms with E-state index in [1.807, 2.05) is 31.2 Å². The Labute approximate surface area is 126 Å². The molecule has 1 heterocycles. The van der Waals surface area contributed by atoms with Crippen molar-refractivity contribution in [3.8, 4) is 5.75 Å². The minimum Gasteiger partial charge on any atom is -0.497 e. The second kappa shape index (κ2) is 6.52. The van der Waals surface area contributed by atoms with E-state index in [1.54, 1.807) is 25.4 Å². The van der Waals surface area contributed by atoms with E-state index in [9.17, 15) is 4.79 Å². The van der Waals surface area contributed by atoms with Crippen LogP contribution in [0, 0.1) is 0 Å². The van der Waals surface area contributed by atoms with Crippen LogP contribution >= 0.6 is 15.9 Å². The predicted octanol–water partition coefficient (Wildman–Crippen LogP) is 3.34. The van der Waals surface area contributed by atoms with Gasteiger partial charge in [-0.2, -0.15) is 0 Å². The standard InChI is InChI=1S/C15H15BrN2O2/c1-10(11-5-3-6-12(9-11)20-2)18-15(19)13-7-4-8-17-14(13)16/h3-10H,1-2H3,(H,18,19). The van der Waals surface area contributed by atoms with Crippen molar-refractivity contribution in [1.29, 1.82) is 0 Å². The van der Waals surface area contributed by atoms with Crippen molar-refractivity contribution in [2.75, 3.05) is 7.11 Å². The summed E-state index contributed by atoms with van der Waals surface area (Å²) in [6.45, 7) is 1.93. The molecule has 0 aliphatic rings. The summed E-state index contributed by atoms with van der Waals surface area (Å²) in [5, 5.41) is 2.94. The molecule has 0 fully saturated rings. The Balaban J connectivity index is 2.13. The maximum atomic E-state index is 12.2. The normalized spacial score (nSPS) is 11.8. The second-order valence-electron chi connectivity index (χ2n) is 4.31. The van der Waals surface area contributed by atoms with Gasteiger partial charge in [0.25, 0.3) is 5.91 Å². The molecule has 1 N–H and O–H groups in total. The highest BCUT2D eigenvalue weighted by Gasteiger charge is 2.14. The number of methoxy groups -OCH3 is 1. The number of hydrogen-bond acceptors (Lipinski definition) is 3. The summed E-state index contributed by atoms with van der Waals surface area (Å²) in [5.41, 5.74) is 1.50. The molecule has 1 atom stereocenters. The Morgan fingerprint density at radius 3 is 2.85 bits per heavy atom. The lowest BCUT2D eigenvalue weighted by molar-refractivity contribution is 0.0938. The van der Waals surface area contributed by atoms with Gasteiger partial charge in [0, 0.05) is 6.20 Å².